The summed E-state index contributed by atoms with van der Waals surface area (Å²) >= 11 is 5.98. The minimum Gasteiger partial charge on any atom is -0.353 e. The molecule has 1 N–H and O–H groups in total. The Morgan fingerprint density at radius 3 is 2.40 bits per heavy atom. The molecule has 0 saturated carbocycles. The highest BCUT2D eigenvalue weighted by Gasteiger charge is 2.28. The molecule has 0 radical (unpaired) electrons. The maximum atomic E-state index is 14.2. The lowest BCUT2D eigenvalue weighted by Gasteiger charge is -2.28. The van der Waals surface area contributed by atoms with Gasteiger partial charge in [0.05, 0.1) is 16.1 Å². The van der Waals surface area contributed by atoms with Gasteiger partial charge in [0.2, 0.25) is 0 Å². The standard InChI is InChI=1S/C26H24ClF2N/c1-3-26(4-2,20-13-15-23(28)22(27)18-20)16-8-9-19-12-14-24(29)25(17-19)30-21-10-6-5-7-11-21/h1,5-7,10-15,17-18,30H,4,8-9,16H2,2H3. The molecule has 0 aromatic heterocycles. The summed E-state index contributed by atoms with van der Waals surface area (Å²) in [7, 11) is 0. The highest BCUT2D eigenvalue weighted by Crippen LogP contribution is 2.35. The smallest absolute Gasteiger partial charge is 0.146 e. The number of terminal acetylenes is 1. The summed E-state index contributed by atoms with van der Waals surface area (Å²) in [6, 6.07) is 19.3. The molecule has 4 heteroatoms. The summed E-state index contributed by atoms with van der Waals surface area (Å²) in [6.45, 7) is 2.02. The van der Waals surface area contributed by atoms with E-state index in [1.54, 1.807) is 18.2 Å². The van der Waals surface area contributed by atoms with E-state index in [1.807, 2.05) is 43.3 Å². The van der Waals surface area contributed by atoms with Crippen molar-refractivity contribution in [3.63, 3.8) is 0 Å². The van der Waals surface area contributed by atoms with E-state index in [9.17, 15) is 8.78 Å². The minimum atomic E-state index is -0.511. The maximum Gasteiger partial charge on any atom is 0.146 e. The molecule has 0 bridgehead atoms. The fourth-order valence-electron chi connectivity index (χ4n) is 3.67. The number of hydrogen-bond acceptors (Lipinski definition) is 1. The predicted molar refractivity (Wildman–Crippen MR) is 121 cm³/mol. The summed E-state index contributed by atoms with van der Waals surface area (Å²) in [4.78, 5) is 0. The van der Waals surface area contributed by atoms with Crippen LogP contribution in [-0.4, -0.2) is 0 Å². The van der Waals surface area contributed by atoms with Crippen LogP contribution in [0.2, 0.25) is 5.02 Å². The zero-order chi connectivity index (χ0) is 21.6. The average molecular weight is 424 g/mol. The van der Waals surface area contributed by atoms with Gasteiger partial charge in [-0.2, -0.15) is 0 Å². The van der Waals surface area contributed by atoms with Crippen LogP contribution in [0.25, 0.3) is 0 Å². The van der Waals surface area contributed by atoms with Crippen LogP contribution >= 0.6 is 11.6 Å². The first-order valence-electron chi connectivity index (χ1n) is 10.0. The Hall–Kier alpha value is -2.83. The summed E-state index contributed by atoms with van der Waals surface area (Å²) in [5.74, 6) is 2.17. The van der Waals surface area contributed by atoms with Crippen LogP contribution in [0.15, 0.2) is 66.7 Å². The number of anilines is 2. The molecule has 30 heavy (non-hydrogen) atoms. The molecule has 1 atom stereocenters. The molecule has 0 fully saturated rings. The molecule has 0 amide bonds. The highest BCUT2D eigenvalue weighted by molar-refractivity contribution is 6.30. The Balaban J connectivity index is 1.72. The molecule has 0 saturated heterocycles. The molecule has 0 aliphatic carbocycles. The normalized spacial score (nSPS) is 12.8. The van der Waals surface area contributed by atoms with Gasteiger partial charge in [0.1, 0.15) is 11.6 Å². The lowest BCUT2D eigenvalue weighted by molar-refractivity contribution is 0.472. The van der Waals surface area contributed by atoms with Crippen molar-refractivity contribution in [2.75, 3.05) is 5.32 Å². The second-order valence-corrected chi connectivity index (χ2v) is 7.77. The molecule has 0 aliphatic rings. The van der Waals surface area contributed by atoms with Crippen LogP contribution in [0.3, 0.4) is 0 Å². The quantitative estimate of drug-likeness (QED) is 0.366. The van der Waals surface area contributed by atoms with Crippen LogP contribution < -0.4 is 5.32 Å². The first kappa shape index (κ1) is 21.9. The van der Waals surface area contributed by atoms with Crippen LogP contribution in [0.4, 0.5) is 20.2 Å². The van der Waals surface area contributed by atoms with Gasteiger partial charge in [0.25, 0.3) is 0 Å². The summed E-state index contributed by atoms with van der Waals surface area (Å²) in [5.41, 5.74) is 2.64. The number of aryl methyl sites for hydroxylation is 1. The maximum absolute atomic E-state index is 14.2. The monoisotopic (exact) mass is 423 g/mol. The van der Waals surface area contributed by atoms with Gasteiger partial charge >= 0.3 is 0 Å². The van der Waals surface area contributed by atoms with Crippen LogP contribution in [-0.2, 0) is 11.8 Å². The Kier molecular flexibility index (Phi) is 7.13. The number of para-hydroxylation sites is 1. The zero-order valence-corrected chi connectivity index (χ0v) is 17.6. The minimum absolute atomic E-state index is 0.0794. The van der Waals surface area contributed by atoms with Crippen molar-refractivity contribution in [2.24, 2.45) is 0 Å². The Morgan fingerprint density at radius 1 is 1.00 bits per heavy atom. The fraction of sp³-hybridized carbons (Fsp3) is 0.231. The van der Waals surface area contributed by atoms with Gasteiger partial charge in [0, 0.05) is 5.69 Å². The van der Waals surface area contributed by atoms with E-state index in [2.05, 4.69) is 11.2 Å². The van der Waals surface area contributed by atoms with Gasteiger partial charge in [-0.05, 0) is 73.2 Å². The molecular weight excluding hydrogens is 400 g/mol. The van der Waals surface area contributed by atoms with Gasteiger partial charge in [0.15, 0.2) is 0 Å². The SMILES string of the molecule is C#CC(CC)(CCCc1ccc(F)c(Nc2ccccc2)c1)c1ccc(F)c(Cl)c1. The van der Waals surface area contributed by atoms with Crippen molar-refractivity contribution >= 4 is 23.0 Å². The largest absolute Gasteiger partial charge is 0.353 e. The number of nitrogens with one attached hydrogen (secondary N) is 1. The average Bonchev–Trinajstić information content (AvgIpc) is 2.76. The van der Waals surface area contributed by atoms with Crippen LogP contribution in [0.1, 0.15) is 37.3 Å². The summed E-state index contributed by atoms with van der Waals surface area (Å²) in [6.07, 6.45) is 8.90. The lowest BCUT2D eigenvalue weighted by Crippen LogP contribution is -2.23. The van der Waals surface area contributed by atoms with E-state index in [1.165, 1.54) is 12.1 Å². The Morgan fingerprint density at radius 2 is 1.73 bits per heavy atom. The van der Waals surface area contributed by atoms with Gasteiger partial charge in [-0.3, -0.25) is 0 Å². The molecule has 154 valence electrons. The van der Waals surface area contributed by atoms with Crippen LogP contribution in [0, 0.1) is 24.0 Å². The molecule has 0 heterocycles. The first-order valence-corrected chi connectivity index (χ1v) is 10.4. The topological polar surface area (TPSA) is 12.0 Å². The predicted octanol–water partition coefficient (Wildman–Crippen LogP) is 7.67. The molecule has 3 aromatic carbocycles. The molecule has 1 unspecified atom stereocenters. The number of rotatable bonds is 8. The molecule has 3 rings (SSSR count). The first-order chi connectivity index (χ1) is 14.5. The van der Waals surface area contributed by atoms with Crippen molar-refractivity contribution in [1.29, 1.82) is 0 Å². The highest BCUT2D eigenvalue weighted by atomic mass is 35.5. The van der Waals surface area contributed by atoms with E-state index in [-0.39, 0.29) is 10.8 Å². The van der Waals surface area contributed by atoms with Gasteiger partial charge in [-0.1, -0.05) is 54.8 Å². The van der Waals surface area contributed by atoms with Gasteiger partial charge < -0.3 is 5.32 Å². The van der Waals surface area contributed by atoms with Gasteiger partial charge in [-0.15, -0.1) is 6.42 Å². The van der Waals surface area contributed by atoms with E-state index in [0.717, 1.165) is 42.5 Å². The lowest BCUT2D eigenvalue weighted by atomic mass is 9.75. The third kappa shape index (κ3) is 5.01. The third-order valence-corrected chi connectivity index (χ3v) is 5.79. The van der Waals surface area contributed by atoms with Crippen molar-refractivity contribution in [1.82, 2.24) is 0 Å². The van der Waals surface area contributed by atoms with Gasteiger partial charge in [-0.25, -0.2) is 8.78 Å². The molecule has 0 spiro atoms. The van der Waals surface area contributed by atoms with E-state index < -0.39 is 11.2 Å². The molecule has 3 aromatic rings. The third-order valence-electron chi connectivity index (χ3n) is 5.50. The van der Waals surface area contributed by atoms with E-state index in [0.29, 0.717) is 5.69 Å². The van der Waals surface area contributed by atoms with Crippen molar-refractivity contribution in [3.8, 4) is 12.3 Å². The number of halogens is 3. The van der Waals surface area contributed by atoms with Crippen molar-refractivity contribution in [3.05, 3.63) is 94.5 Å². The summed E-state index contributed by atoms with van der Waals surface area (Å²) < 4.78 is 27.8. The number of hydrogen-bond donors (Lipinski definition) is 1. The van der Waals surface area contributed by atoms with Crippen molar-refractivity contribution in [2.45, 2.75) is 38.0 Å². The number of benzene rings is 3. The van der Waals surface area contributed by atoms with E-state index >= 15 is 0 Å². The van der Waals surface area contributed by atoms with Crippen LogP contribution in [0.5, 0.6) is 0 Å². The Bertz CT molecular complexity index is 1040. The molecular formula is C26H24ClF2N. The van der Waals surface area contributed by atoms with E-state index in [4.69, 9.17) is 18.0 Å². The summed E-state index contributed by atoms with van der Waals surface area (Å²) in [5, 5.41) is 3.20. The second kappa shape index (κ2) is 9.78. The second-order valence-electron chi connectivity index (χ2n) is 7.37. The molecule has 1 nitrogen and oxygen atoms in total. The van der Waals surface area contributed by atoms with Crippen molar-refractivity contribution < 1.29 is 8.78 Å². The fourth-order valence-corrected chi connectivity index (χ4v) is 3.85. The zero-order valence-electron chi connectivity index (χ0n) is 16.9. The molecule has 0 aliphatic heterocycles. The Labute approximate surface area is 182 Å².